The number of hydrogen-bond acceptors (Lipinski definition) is 4. The molecule has 0 bridgehead atoms. The van der Waals surface area contributed by atoms with E-state index in [1.807, 2.05) is 42.5 Å². The van der Waals surface area contributed by atoms with Crippen LogP contribution in [0.25, 0.3) is 10.9 Å². The van der Waals surface area contributed by atoms with Crippen LogP contribution in [0.3, 0.4) is 0 Å². The number of carbonyl (C=O) groups is 1. The second-order valence-corrected chi connectivity index (χ2v) is 9.90. The Hall–Kier alpha value is -3.48. The molecule has 2 N–H and O–H groups in total. The fraction of sp³-hybridized carbons (Fsp3) is 0.207. The van der Waals surface area contributed by atoms with E-state index >= 15 is 0 Å². The first-order valence-corrected chi connectivity index (χ1v) is 12.7. The predicted molar refractivity (Wildman–Crippen MR) is 142 cm³/mol. The van der Waals surface area contributed by atoms with Crippen molar-refractivity contribution in [1.82, 2.24) is 14.8 Å². The van der Waals surface area contributed by atoms with Crippen LogP contribution < -0.4 is 0 Å². The fourth-order valence-corrected chi connectivity index (χ4v) is 5.50. The molecule has 0 aliphatic carbocycles. The van der Waals surface area contributed by atoms with E-state index in [1.165, 1.54) is 22.9 Å². The number of H-pyrrole nitrogens is 1. The molecule has 6 heteroatoms. The van der Waals surface area contributed by atoms with Crippen LogP contribution in [0.15, 0.2) is 101 Å². The van der Waals surface area contributed by atoms with Crippen LogP contribution in [0.2, 0.25) is 0 Å². The third-order valence-electron chi connectivity index (χ3n) is 6.32. The van der Waals surface area contributed by atoms with Crippen LogP contribution in [0.1, 0.15) is 21.6 Å². The summed E-state index contributed by atoms with van der Waals surface area (Å²) in [7, 11) is 0. The molecule has 178 valence electrons. The molecule has 0 radical (unpaired) electrons. The number of nitrogens with one attached hydrogen (secondary N) is 1. The summed E-state index contributed by atoms with van der Waals surface area (Å²) >= 11 is 1.50. The average molecular weight is 484 g/mol. The van der Waals surface area contributed by atoms with Crippen molar-refractivity contribution in [3.63, 3.8) is 0 Å². The molecule has 0 unspecified atom stereocenters. The van der Waals surface area contributed by atoms with Crippen LogP contribution in [-0.4, -0.2) is 52.0 Å². The number of piperazine rings is 1. The minimum absolute atomic E-state index is 0.252. The Morgan fingerprint density at radius 3 is 2.34 bits per heavy atom. The van der Waals surface area contributed by atoms with Crippen LogP contribution in [0, 0.1) is 0 Å². The molecule has 0 atom stereocenters. The maximum atomic E-state index is 11.9. The van der Waals surface area contributed by atoms with Gasteiger partial charge in [0.15, 0.2) is 0 Å². The highest BCUT2D eigenvalue weighted by molar-refractivity contribution is 7.99. The van der Waals surface area contributed by atoms with Crippen LogP contribution in [0.5, 0.6) is 0 Å². The number of aromatic nitrogens is 1. The minimum Gasteiger partial charge on any atom is -0.477 e. The van der Waals surface area contributed by atoms with E-state index in [-0.39, 0.29) is 5.69 Å². The number of rotatable bonds is 8. The SMILES string of the molecule is O=C(O)c1[nH]c2ccc(CN3CCN(C=CCc4ccccc4)CC3)cc2c1Sc1ccccc1. The highest BCUT2D eigenvalue weighted by Crippen LogP contribution is 2.37. The van der Waals surface area contributed by atoms with Crippen molar-refractivity contribution in [3.05, 3.63) is 108 Å². The van der Waals surface area contributed by atoms with Crippen LogP contribution in [0.4, 0.5) is 0 Å². The maximum Gasteiger partial charge on any atom is 0.353 e. The number of nitrogens with zero attached hydrogens (tertiary/aromatic N) is 2. The summed E-state index contributed by atoms with van der Waals surface area (Å²) in [6.45, 7) is 4.89. The van der Waals surface area contributed by atoms with E-state index in [4.69, 9.17) is 0 Å². The van der Waals surface area contributed by atoms with Gasteiger partial charge in [-0.1, -0.05) is 72.4 Å². The van der Waals surface area contributed by atoms with Crippen molar-refractivity contribution in [3.8, 4) is 0 Å². The van der Waals surface area contributed by atoms with Gasteiger partial charge in [-0.05, 0) is 48.0 Å². The molecule has 4 aromatic rings. The second kappa shape index (κ2) is 10.8. The molecule has 5 nitrogen and oxygen atoms in total. The van der Waals surface area contributed by atoms with Crippen molar-refractivity contribution in [2.24, 2.45) is 0 Å². The Bertz CT molecular complexity index is 1310. The lowest BCUT2D eigenvalue weighted by molar-refractivity contribution is 0.0687. The molecule has 1 aliphatic heterocycles. The van der Waals surface area contributed by atoms with Gasteiger partial charge in [-0.2, -0.15) is 0 Å². The summed E-state index contributed by atoms with van der Waals surface area (Å²) in [5.74, 6) is -0.933. The molecule has 0 saturated carbocycles. The Labute approximate surface area is 210 Å². The summed E-state index contributed by atoms with van der Waals surface area (Å²) in [6, 6.07) is 26.7. The van der Waals surface area contributed by atoms with Crippen molar-refractivity contribution >= 4 is 28.6 Å². The second-order valence-electron chi connectivity index (χ2n) is 8.82. The first-order valence-electron chi connectivity index (χ1n) is 11.9. The molecule has 1 aliphatic rings. The molecule has 35 heavy (non-hydrogen) atoms. The molecule has 5 rings (SSSR count). The van der Waals surface area contributed by atoms with Crippen LogP contribution >= 0.6 is 11.8 Å². The van der Waals surface area contributed by atoms with Crippen molar-refractivity contribution in [2.75, 3.05) is 26.2 Å². The number of carboxylic acid groups (broad SMARTS) is 1. The number of carboxylic acids is 1. The van der Waals surface area contributed by atoms with Crippen molar-refractivity contribution in [2.45, 2.75) is 22.8 Å². The van der Waals surface area contributed by atoms with Gasteiger partial charge in [0.05, 0.1) is 4.90 Å². The van der Waals surface area contributed by atoms with Gasteiger partial charge in [-0.15, -0.1) is 0 Å². The van der Waals surface area contributed by atoms with Gasteiger partial charge in [-0.25, -0.2) is 4.79 Å². The zero-order valence-electron chi connectivity index (χ0n) is 19.6. The largest absolute Gasteiger partial charge is 0.477 e. The molecule has 1 saturated heterocycles. The molecule has 1 fully saturated rings. The maximum absolute atomic E-state index is 11.9. The van der Waals surface area contributed by atoms with Gasteiger partial charge in [0.25, 0.3) is 0 Å². The molecule has 0 amide bonds. The average Bonchev–Trinajstić information content (AvgIpc) is 3.24. The van der Waals surface area contributed by atoms with Gasteiger partial charge < -0.3 is 15.0 Å². The highest BCUT2D eigenvalue weighted by atomic mass is 32.2. The van der Waals surface area contributed by atoms with E-state index < -0.39 is 5.97 Å². The van der Waals surface area contributed by atoms with Gasteiger partial charge in [0.1, 0.15) is 5.69 Å². The zero-order valence-corrected chi connectivity index (χ0v) is 20.4. The number of benzene rings is 3. The Morgan fingerprint density at radius 1 is 0.914 bits per heavy atom. The topological polar surface area (TPSA) is 59.6 Å². The third-order valence-corrected chi connectivity index (χ3v) is 7.45. The van der Waals surface area contributed by atoms with Crippen molar-refractivity contribution < 1.29 is 9.90 Å². The number of fused-ring (bicyclic) bond motifs is 1. The molecule has 2 heterocycles. The zero-order chi connectivity index (χ0) is 24.0. The first kappa shape index (κ1) is 23.3. The quantitative estimate of drug-likeness (QED) is 0.327. The molecule has 3 aromatic carbocycles. The Balaban J connectivity index is 1.24. The summed E-state index contributed by atoms with van der Waals surface area (Å²) in [6.07, 6.45) is 5.44. The highest BCUT2D eigenvalue weighted by Gasteiger charge is 2.20. The van der Waals surface area contributed by atoms with Gasteiger partial charge in [-0.3, -0.25) is 4.90 Å². The monoisotopic (exact) mass is 483 g/mol. The lowest BCUT2D eigenvalue weighted by Gasteiger charge is -2.34. The fourth-order valence-electron chi connectivity index (χ4n) is 4.46. The number of aromatic carboxylic acids is 1. The normalized spacial score (nSPS) is 14.7. The van der Waals surface area contributed by atoms with Gasteiger partial charge in [0, 0.05) is 48.5 Å². The standard InChI is InChI=1S/C29H29N3O2S/c33-29(34)27-28(35-24-11-5-2-6-12-24)25-20-23(13-14-26(25)30-27)21-32-18-16-31(17-19-32)15-7-10-22-8-3-1-4-9-22/h1-9,11-15,20,30H,10,16-19,21H2,(H,33,34). The Kier molecular flexibility index (Phi) is 7.21. The lowest BCUT2D eigenvalue weighted by Crippen LogP contribution is -2.43. The van der Waals surface area contributed by atoms with E-state index in [2.05, 4.69) is 63.5 Å². The molecule has 0 spiro atoms. The lowest BCUT2D eigenvalue weighted by atomic mass is 10.1. The number of aromatic amines is 1. The summed E-state index contributed by atoms with van der Waals surface area (Å²) in [5.41, 5.74) is 3.65. The predicted octanol–water partition coefficient (Wildman–Crippen LogP) is 5.89. The van der Waals surface area contributed by atoms with E-state index in [1.54, 1.807) is 0 Å². The van der Waals surface area contributed by atoms with Crippen LogP contribution in [-0.2, 0) is 13.0 Å². The van der Waals surface area contributed by atoms with E-state index in [0.717, 1.165) is 59.8 Å². The summed E-state index contributed by atoms with van der Waals surface area (Å²) < 4.78 is 0. The number of allylic oxidation sites excluding steroid dienone is 1. The summed E-state index contributed by atoms with van der Waals surface area (Å²) in [5, 5.41) is 10.7. The molecular weight excluding hydrogens is 454 g/mol. The first-order chi connectivity index (χ1) is 17.2. The minimum atomic E-state index is -0.933. The van der Waals surface area contributed by atoms with Gasteiger partial charge in [0.2, 0.25) is 0 Å². The molecule has 1 aromatic heterocycles. The third kappa shape index (κ3) is 5.78. The van der Waals surface area contributed by atoms with Crippen molar-refractivity contribution in [1.29, 1.82) is 0 Å². The smallest absolute Gasteiger partial charge is 0.353 e. The Morgan fingerprint density at radius 2 is 1.63 bits per heavy atom. The number of hydrogen-bond donors (Lipinski definition) is 2. The van der Waals surface area contributed by atoms with E-state index in [9.17, 15) is 9.90 Å². The van der Waals surface area contributed by atoms with Gasteiger partial charge >= 0.3 is 5.97 Å². The molecular formula is C29H29N3O2S. The summed E-state index contributed by atoms with van der Waals surface area (Å²) in [4.78, 5) is 21.7. The van der Waals surface area contributed by atoms with E-state index in [0.29, 0.717) is 0 Å².